The van der Waals surface area contributed by atoms with E-state index in [0.29, 0.717) is 5.92 Å². The minimum absolute atomic E-state index is 0.105. The van der Waals surface area contributed by atoms with E-state index in [1.54, 1.807) is 6.07 Å². The lowest BCUT2D eigenvalue weighted by Crippen LogP contribution is -2.27. The monoisotopic (exact) mass is 297 g/mol. The molecule has 1 aromatic carbocycles. The second-order valence-electron chi connectivity index (χ2n) is 5.97. The Kier molecular flexibility index (Phi) is 6.00. The Bertz CT molecular complexity index is 683. The average molecular weight is 297 g/mol. The van der Waals surface area contributed by atoms with E-state index in [1.165, 1.54) is 0 Å². The molecule has 1 heterocycles. The Balaban J connectivity index is 2.30. The van der Waals surface area contributed by atoms with Crippen molar-refractivity contribution < 1.29 is 0 Å². The first kappa shape index (κ1) is 16.5. The quantitative estimate of drug-likeness (QED) is 0.633. The third-order valence-corrected chi connectivity index (χ3v) is 4.56. The number of benzene rings is 1. The molecule has 22 heavy (non-hydrogen) atoms. The molecule has 2 nitrogen and oxygen atoms in total. The van der Waals surface area contributed by atoms with Crippen LogP contribution in [0.15, 0.2) is 53.3 Å². The topological polar surface area (TPSA) is 22.0 Å². The fourth-order valence-electron chi connectivity index (χ4n) is 3.22. The van der Waals surface area contributed by atoms with Gasteiger partial charge in [0.1, 0.15) is 0 Å². The van der Waals surface area contributed by atoms with Gasteiger partial charge in [-0.25, -0.2) is 0 Å². The van der Waals surface area contributed by atoms with Crippen LogP contribution in [0, 0.1) is 5.92 Å². The van der Waals surface area contributed by atoms with Gasteiger partial charge in [-0.15, -0.1) is 0 Å². The molecule has 0 amide bonds. The number of hydrogen-bond donors (Lipinski definition) is 0. The number of aromatic nitrogens is 1. The summed E-state index contributed by atoms with van der Waals surface area (Å²) in [7, 11) is 0. The molecule has 1 aromatic heterocycles. The molecule has 0 spiro atoms. The molecule has 0 N–H and O–H groups in total. The van der Waals surface area contributed by atoms with Gasteiger partial charge in [-0.1, -0.05) is 50.6 Å². The van der Waals surface area contributed by atoms with Gasteiger partial charge in [0, 0.05) is 12.1 Å². The lowest BCUT2D eigenvalue weighted by Gasteiger charge is -2.26. The molecule has 118 valence electrons. The second-order valence-corrected chi connectivity index (χ2v) is 5.97. The molecule has 2 atom stereocenters. The van der Waals surface area contributed by atoms with Crippen molar-refractivity contribution in [3.63, 3.8) is 0 Å². The first-order chi connectivity index (χ1) is 10.7. The predicted octanol–water partition coefficient (Wildman–Crippen LogP) is 5.34. The third kappa shape index (κ3) is 3.68. The molecule has 0 aliphatic rings. The Morgan fingerprint density at radius 2 is 1.86 bits per heavy atom. The molecule has 2 rings (SSSR count). The summed E-state index contributed by atoms with van der Waals surface area (Å²) in [5, 5.41) is 1.13. The zero-order valence-electron chi connectivity index (χ0n) is 14.0. The van der Waals surface area contributed by atoms with Crippen LogP contribution in [0.3, 0.4) is 0 Å². The minimum atomic E-state index is 0.105. The van der Waals surface area contributed by atoms with Gasteiger partial charge in [-0.05, 0) is 49.6 Å². The third-order valence-electron chi connectivity index (χ3n) is 4.56. The Labute approximate surface area is 133 Å². The smallest absolute Gasteiger partial charge is 0.251 e. The zero-order chi connectivity index (χ0) is 15.9. The summed E-state index contributed by atoms with van der Waals surface area (Å²) in [5.74, 6) is 0.519. The summed E-state index contributed by atoms with van der Waals surface area (Å²) in [6.45, 7) is 6.57. The molecule has 0 aliphatic heterocycles. The van der Waals surface area contributed by atoms with E-state index in [9.17, 15) is 4.79 Å². The largest absolute Gasteiger partial charge is 0.305 e. The normalized spacial score (nSPS) is 14.5. The zero-order valence-corrected chi connectivity index (χ0v) is 14.0. The highest BCUT2D eigenvalue weighted by Crippen LogP contribution is 2.27. The van der Waals surface area contributed by atoms with Gasteiger partial charge in [0.15, 0.2) is 0 Å². The maximum absolute atomic E-state index is 12.4. The standard InChI is InChI=1S/C20H27NO/c1-4-6-7-8-11-17(5-2)16(3)21-19-13-10-9-12-18(19)14-15-20(21)22/h6-7,9-10,12-17H,4-5,8,11H2,1-3H3/b7-6+. The number of rotatable bonds is 7. The van der Waals surface area contributed by atoms with Gasteiger partial charge in [0.25, 0.3) is 5.56 Å². The fourth-order valence-corrected chi connectivity index (χ4v) is 3.22. The van der Waals surface area contributed by atoms with Crippen molar-refractivity contribution in [3.05, 3.63) is 58.9 Å². The summed E-state index contributed by atoms with van der Waals surface area (Å²) >= 11 is 0. The first-order valence-corrected chi connectivity index (χ1v) is 8.44. The van der Waals surface area contributed by atoms with Crippen molar-refractivity contribution in [2.75, 3.05) is 0 Å². The van der Waals surface area contributed by atoms with Crippen LogP contribution in [0.4, 0.5) is 0 Å². The van der Waals surface area contributed by atoms with E-state index in [4.69, 9.17) is 0 Å². The second kappa shape index (κ2) is 7.98. The van der Waals surface area contributed by atoms with Crippen LogP contribution in [-0.2, 0) is 0 Å². The minimum Gasteiger partial charge on any atom is -0.305 e. The van der Waals surface area contributed by atoms with Crippen LogP contribution in [0.25, 0.3) is 10.9 Å². The number of fused-ring (bicyclic) bond motifs is 1. The van der Waals surface area contributed by atoms with Crippen LogP contribution in [0.1, 0.15) is 52.5 Å². The van der Waals surface area contributed by atoms with Crippen molar-refractivity contribution >= 4 is 10.9 Å². The molecular formula is C20H27NO. The van der Waals surface area contributed by atoms with Gasteiger partial charge in [0.2, 0.25) is 0 Å². The van der Waals surface area contributed by atoms with E-state index in [0.717, 1.165) is 36.6 Å². The molecule has 2 unspecified atom stereocenters. The van der Waals surface area contributed by atoms with Crippen molar-refractivity contribution in [3.8, 4) is 0 Å². The van der Waals surface area contributed by atoms with Crippen LogP contribution < -0.4 is 5.56 Å². The van der Waals surface area contributed by atoms with Gasteiger partial charge in [0.05, 0.1) is 5.52 Å². The first-order valence-electron chi connectivity index (χ1n) is 8.44. The number of hydrogen-bond acceptors (Lipinski definition) is 1. The maximum atomic E-state index is 12.4. The molecular weight excluding hydrogens is 270 g/mol. The van der Waals surface area contributed by atoms with Crippen LogP contribution in [0.5, 0.6) is 0 Å². The Hall–Kier alpha value is -1.83. The maximum Gasteiger partial charge on any atom is 0.251 e. The Morgan fingerprint density at radius 3 is 2.59 bits per heavy atom. The number of allylic oxidation sites excluding steroid dienone is 2. The SMILES string of the molecule is CC/C=C/CCC(CC)C(C)n1c(=O)ccc2ccccc21. The molecule has 0 saturated carbocycles. The number of nitrogens with zero attached hydrogens (tertiary/aromatic N) is 1. The van der Waals surface area contributed by atoms with E-state index in [1.807, 2.05) is 22.8 Å². The summed E-state index contributed by atoms with van der Waals surface area (Å²) in [6, 6.07) is 12.0. The van der Waals surface area contributed by atoms with Gasteiger partial charge in [-0.2, -0.15) is 0 Å². The van der Waals surface area contributed by atoms with Crippen LogP contribution in [-0.4, -0.2) is 4.57 Å². The number of para-hydroxylation sites is 1. The fraction of sp³-hybridized carbons (Fsp3) is 0.450. The molecule has 0 fully saturated rings. The van der Waals surface area contributed by atoms with E-state index < -0.39 is 0 Å². The van der Waals surface area contributed by atoms with Crippen LogP contribution >= 0.6 is 0 Å². The van der Waals surface area contributed by atoms with Crippen molar-refractivity contribution in [1.82, 2.24) is 4.57 Å². The van der Waals surface area contributed by atoms with Gasteiger partial charge in [-0.3, -0.25) is 4.79 Å². The lowest BCUT2D eigenvalue weighted by molar-refractivity contribution is 0.325. The van der Waals surface area contributed by atoms with Gasteiger partial charge >= 0.3 is 0 Å². The highest BCUT2D eigenvalue weighted by atomic mass is 16.1. The molecule has 0 aliphatic carbocycles. The highest BCUT2D eigenvalue weighted by Gasteiger charge is 2.19. The molecule has 2 heteroatoms. The summed E-state index contributed by atoms with van der Waals surface area (Å²) in [5.41, 5.74) is 1.15. The van der Waals surface area contributed by atoms with Crippen molar-refractivity contribution in [2.45, 2.75) is 52.5 Å². The predicted molar refractivity (Wildman–Crippen MR) is 95.4 cm³/mol. The van der Waals surface area contributed by atoms with E-state index in [-0.39, 0.29) is 11.6 Å². The van der Waals surface area contributed by atoms with Gasteiger partial charge < -0.3 is 4.57 Å². The van der Waals surface area contributed by atoms with E-state index in [2.05, 4.69) is 45.1 Å². The summed E-state index contributed by atoms with van der Waals surface area (Å²) in [6.07, 6.45) is 8.90. The lowest BCUT2D eigenvalue weighted by atomic mass is 9.92. The van der Waals surface area contributed by atoms with Crippen molar-refractivity contribution in [2.24, 2.45) is 5.92 Å². The van der Waals surface area contributed by atoms with E-state index >= 15 is 0 Å². The molecule has 0 radical (unpaired) electrons. The average Bonchev–Trinajstić information content (AvgIpc) is 2.54. The van der Waals surface area contributed by atoms with Crippen molar-refractivity contribution in [1.29, 1.82) is 0 Å². The number of pyridine rings is 1. The Morgan fingerprint density at radius 1 is 1.09 bits per heavy atom. The summed E-state index contributed by atoms with van der Waals surface area (Å²) < 4.78 is 1.98. The highest BCUT2D eigenvalue weighted by molar-refractivity contribution is 5.78. The van der Waals surface area contributed by atoms with Crippen LogP contribution in [0.2, 0.25) is 0 Å². The molecule has 2 aromatic rings. The summed E-state index contributed by atoms with van der Waals surface area (Å²) in [4.78, 5) is 12.4. The molecule has 0 bridgehead atoms. The molecule has 0 saturated heterocycles.